The van der Waals surface area contributed by atoms with Crippen LogP contribution in [0.25, 0.3) is 0 Å². The first-order chi connectivity index (χ1) is 46.6. The van der Waals surface area contributed by atoms with Crippen molar-refractivity contribution in [3.05, 3.63) is 0 Å². The molecule has 0 fully saturated rings. The highest BCUT2D eigenvalue weighted by Gasteiger charge is 2.30. The summed E-state index contributed by atoms with van der Waals surface area (Å²) in [7, 11) is -9.91. The van der Waals surface area contributed by atoms with E-state index in [0.717, 1.165) is 114 Å². The van der Waals surface area contributed by atoms with Crippen LogP contribution < -0.4 is 0 Å². The lowest BCUT2D eigenvalue weighted by atomic mass is 10.0. The predicted octanol–water partition coefficient (Wildman–Crippen LogP) is 22.8. The number of rotatable bonds is 75. The Kier molecular flexibility index (Phi) is 65.9. The topological polar surface area (TPSA) is 237 Å². The van der Waals surface area contributed by atoms with Gasteiger partial charge in [0.15, 0.2) is 12.2 Å². The lowest BCUT2D eigenvalue weighted by Gasteiger charge is -2.21. The standard InChI is InChI=1S/C78H152O17P2/c1-68(2)54-46-38-30-24-20-16-13-11-9-10-12-14-18-23-27-34-44-52-60-77(82)94-74(65-89-76(81)59-51-43-37-36-41-49-57-71(7)8)67-93-97(86,87)91-63-72(79)62-90-96(84,85)92-66-73(95-78(83)61-53-45-35-29-28-32-40-48-56-70(5)6)64-88-75(80)58-50-42-33-26-22-19-15-17-21-25-31-39-47-55-69(3)4/h68-74,79H,9-67H2,1-8H3,(H,84,85)(H,86,87)/t72?,73-,74-/m1/s1. The quantitative estimate of drug-likeness (QED) is 0.0222. The number of hydrogen-bond acceptors (Lipinski definition) is 15. The molecular weight excluding hydrogens is 1270 g/mol. The van der Waals surface area contributed by atoms with E-state index in [2.05, 4.69) is 55.4 Å². The maximum Gasteiger partial charge on any atom is 0.472 e. The first kappa shape index (κ1) is 95.1. The van der Waals surface area contributed by atoms with Crippen LogP contribution in [0, 0.1) is 23.7 Å². The molecule has 0 aliphatic heterocycles. The smallest absolute Gasteiger partial charge is 0.462 e. The van der Waals surface area contributed by atoms with Crippen LogP contribution in [0.2, 0.25) is 0 Å². The van der Waals surface area contributed by atoms with Crippen LogP contribution in [0.3, 0.4) is 0 Å². The van der Waals surface area contributed by atoms with Gasteiger partial charge in [0.2, 0.25) is 0 Å². The summed E-state index contributed by atoms with van der Waals surface area (Å²) in [6, 6.07) is 0. The molecule has 0 spiro atoms. The fourth-order valence-corrected chi connectivity index (χ4v) is 13.5. The van der Waals surface area contributed by atoms with E-state index in [1.54, 1.807) is 0 Å². The van der Waals surface area contributed by atoms with Gasteiger partial charge >= 0.3 is 39.5 Å². The summed E-state index contributed by atoms with van der Waals surface area (Å²) in [4.78, 5) is 72.8. The normalized spacial score (nSPS) is 14.1. The van der Waals surface area contributed by atoms with Gasteiger partial charge in [-0.2, -0.15) is 0 Å². The van der Waals surface area contributed by atoms with Gasteiger partial charge in [0.25, 0.3) is 0 Å². The number of phosphoric acid groups is 2. The molecule has 0 bridgehead atoms. The molecule has 3 unspecified atom stereocenters. The third kappa shape index (κ3) is 72.2. The molecular formula is C78H152O17P2. The Morgan fingerprint density at radius 2 is 0.433 bits per heavy atom. The molecule has 17 nitrogen and oxygen atoms in total. The minimum Gasteiger partial charge on any atom is -0.462 e. The van der Waals surface area contributed by atoms with Crippen molar-refractivity contribution in [2.45, 2.75) is 414 Å². The molecule has 0 aliphatic carbocycles. The van der Waals surface area contributed by atoms with Gasteiger partial charge in [-0.3, -0.25) is 37.3 Å². The first-order valence-corrected chi connectivity index (χ1v) is 43.2. The highest BCUT2D eigenvalue weighted by atomic mass is 31.2. The van der Waals surface area contributed by atoms with Gasteiger partial charge in [-0.1, -0.05) is 344 Å². The van der Waals surface area contributed by atoms with Crippen molar-refractivity contribution in [3.63, 3.8) is 0 Å². The molecule has 3 N–H and O–H groups in total. The largest absolute Gasteiger partial charge is 0.472 e. The summed E-state index contributed by atoms with van der Waals surface area (Å²) < 4.78 is 68.5. The Balaban J connectivity index is 5.15. The molecule has 0 aromatic carbocycles. The van der Waals surface area contributed by atoms with Crippen molar-refractivity contribution in [1.82, 2.24) is 0 Å². The maximum atomic E-state index is 13.1. The molecule has 0 aliphatic rings. The van der Waals surface area contributed by atoms with Crippen molar-refractivity contribution in [2.24, 2.45) is 23.7 Å². The second-order valence-electron chi connectivity index (χ2n) is 30.0. The van der Waals surface area contributed by atoms with Gasteiger partial charge in [0, 0.05) is 25.7 Å². The molecule has 0 aromatic heterocycles. The number of ether oxygens (including phenoxy) is 4. The number of unbranched alkanes of at least 4 members (excludes halogenated alkanes) is 41. The number of hydrogen-bond donors (Lipinski definition) is 3. The van der Waals surface area contributed by atoms with Crippen molar-refractivity contribution in [3.8, 4) is 0 Å². The van der Waals surface area contributed by atoms with E-state index in [0.29, 0.717) is 31.6 Å². The third-order valence-corrected chi connectivity index (χ3v) is 20.0. The van der Waals surface area contributed by atoms with Crippen LogP contribution in [0.5, 0.6) is 0 Å². The summed E-state index contributed by atoms with van der Waals surface area (Å²) in [5.41, 5.74) is 0. The molecule has 0 heterocycles. The van der Waals surface area contributed by atoms with Gasteiger partial charge < -0.3 is 33.8 Å². The molecule has 0 radical (unpaired) electrons. The average Bonchev–Trinajstić information content (AvgIpc) is 1.38. The van der Waals surface area contributed by atoms with Crippen molar-refractivity contribution in [1.29, 1.82) is 0 Å². The van der Waals surface area contributed by atoms with Gasteiger partial charge in [-0.05, 0) is 49.4 Å². The van der Waals surface area contributed by atoms with Crippen molar-refractivity contribution >= 4 is 39.5 Å². The molecule has 19 heteroatoms. The lowest BCUT2D eigenvalue weighted by Crippen LogP contribution is -2.30. The van der Waals surface area contributed by atoms with Gasteiger partial charge in [0.05, 0.1) is 26.4 Å². The molecule has 0 saturated carbocycles. The van der Waals surface area contributed by atoms with E-state index in [1.165, 1.54) is 193 Å². The van der Waals surface area contributed by atoms with Crippen LogP contribution >= 0.6 is 15.6 Å². The second-order valence-corrected chi connectivity index (χ2v) is 32.9. The van der Waals surface area contributed by atoms with Gasteiger partial charge in [-0.15, -0.1) is 0 Å². The molecule has 0 amide bonds. The van der Waals surface area contributed by atoms with Crippen LogP contribution in [-0.2, 0) is 65.4 Å². The zero-order valence-corrected chi connectivity index (χ0v) is 65.5. The highest BCUT2D eigenvalue weighted by molar-refractivity contribution is 7.47. The number of phosphoric ester groups is 2. The van der Waals surface area contributed by atoms with Crippen molar-refractivity contribution < 1.29 is 80.2 Å². The minimum atomic E-state index is -4.96. The fourth-order valence-electron chi connectivity index (χ4n) is 11.9. The molecule has 97 heavy (non-hydrogen) atoms. The zero-order valence-electron chi connectivity index (χ0n) is 63.7. The first-order valence-electron chi connectivity index (χ1n) is 40.2. The predicted molar refractivity (Wildman–Crippen MR) is 395 cm³/mol. The van der Waals surface area contributed by atoms with Crippen molar-refractivity contribution in [2.75, 3.05) is 39.6 Å². The molecule has 5 atom stereocenters. The number of carbonyl (C=O) groups excluding carboxylic acids is 4. The van der Waals surface area contributed by atoms with E-state index in [-0.39, 0.29) is 25.7 Å². The number of carbonyl (C=O) groups is 4. The molecule has 0 saturated heterocycles. The molecule has 0 aromatic rings. The van der Waals surface area contributed by atoms with Crippen LogP contribution in [0.4, 0.5) is 0 Å². The fraction of sp³-hybridized carbons (Fsp3) is 0.949. The van der Waals surface area contributed by atoms with Crippen LogP contribution in [-0.4, -0.2) is 96.7 Å². The maximum absolute atomic E-state index is 13.1. The summed E-state index contributed by atoms with van der Waals surface area (Å²) >= 11 is 0. The summed E-state index contributed by atoms with van der Waals surface area (Å²) in [6.07, 6.45) is 53.1. The minimum absolute atomic E-state index is 0.104. The SMILES string of the molecule is CC(C)CCCCCCCCCCCCCCCCCCCCC(=O)O[C@H](COC(=O)CCCCCCCCC(C)C)COP(=O)(O)OCC(O)COP(=O)(O)OC[C@@H](COC(=O)CCCCCCCCCCCCCCCC(C)C)OC(=O)CCCCCCCCCCC(C)C. The Bertz CT molecular complexity index is 1900. The van der Waals surface area contributed by atoms with Gasteiger partial charge in [-0.25, -0.2) is 9.13 Å². The Labute approximate surface area is 594 Å². The average molecular weight is 1420 g/mol. The zero-order chi connectivity index (χ0) is 71.7. The second kappa shape index (κ2) is 67.2. The number of aliphatic hydroxyl groups is 1. The molecule has 576 valence electrons. The van der Waals surface area contributed by atoms with Crippen LogP contribution in [0.15, 0.2) is 0 Å². The highest BCUT2D eigenvalue weighted by Crippen LogP contribution is 2.45. The van der Waals surface area contributed by atoms with E-state index in [1.807, 2.05) is 0 Å². The molecule has 0 rings (SSSR count). The Hall–Kier alpha value is -1.94. The van der Waals surface area contributed by atoms with E-state index in [9.17, 15) is 43.2 Å². The Morgan fingerprint density at radius 3 is 0.639 bits per heavy atom. The third-order valence-electron chi connectivity index (χ3n) is 18.1. The number of esters is 4. The summed E-state index contributed by atoms with van der Waals surface area (Å²) in [5.74, 6) is 0.887. The Morgan fingerprint density at radius 1 is 0.258 bits per heavy atom. The lowest BCUT2D eigenvalue weighted by molar-refractivity contribution is -0.161. The van der Waals surface area contributed by atoms with Crippen LogP contribution in [0.1, 0.15) is 396 Å². The van der Waals surface area contributed by atoms with E-state index >= 15 is 0 Å². The summed E-state index contributed by atoms with van der Waals surface area (Å²) in [6.45, 7) is 14.1. The summed E-state index contributed by atoms with van der Waals surface area (Å²) in [5, 5.41) is 10.6. The monoisotopic (exact) mass is 1420 g/mol. The van der Waals surface area contributed by atoms with Gasteiger partial charge in [0.1, 0.15) is 19.3 Å². The number of aliphatic hydroxyl groups excluding tert-OH is 1. The van der Waals surface area contributed by atoms with E-state index in [4.69, 9.17) is 37.0 Å². The van der Waals surface area contributed by atoms with E-state index < -0.39 is 97.5 Å².